The van der Waals surface area contributed by atoms with Crippen LogP contribution in [0.1, 0.15) is 12.8 Å². The van der Waals surface area contributed by atoms with E-state index in [2.05, 4.69) is 25.7 Å². The Morgan fingerprint density at radius 3 is 2.44 bits per heavy atom. The van der Waals surface area contributed by atoms with Crippen LogP contribution in [-0.4, -0.2) is 38.1 Å². The van der Waals surface area contributed by atoms with Crippen LogP contribution in [0.25, 0.3) is 22.3 Å². The first-order chi connectivity index (χ1) is 13.6. The molecular weight excluding hydrogens is 779 g/mol. The smallest absolute Gasteiger partial charge is 0.496 e. The largest absolute Gasteiger partial charge is 1.00 e. The summed E-state index contributed by atoms with van der Waals surface area (Å²) in [4.78, 5) is 32.0. The van der Waals surface area contributed by atoms with Crippen molar-refractivity contribution < 1.29 is 159 Å². The number of halogens is 1. The van der Waals surface area contributed by atoms with Gasteiger partial charge >= 0.3 is 51.4 Å². The van der Waals surface area contributed by atoms with Crippen molar-refractivity contribution in [1.82, 2.24) is 30.4 Å². The van der Waals surface area contributed by atoms with E-state index in [-0.39, 0.29) is 168 Å². The molecule has 1 aromatic carbocycles. The molecule has 2 heterocycles. The minimum Gasteiger partial charge on any atom is -0.496 e. The van der Waals surface area contributed by atoms with Crippen molar-refractivity contribution >= 4 is 51.3 Å². The number of nitrogens with two attached hydrogens (primary N) is 1. The fourth-order valence-electron chi connectivity index (χ4n) is 2.74. The van der Waals surface area contributed by atoms with Gasteiger partial charge in [0, 0.05) is 117 Å². The topological polar surface area (TPSA) is 128 Å². The zero-order valence-electron chi connectivity index (χ0n) is 17.7. The van der Waals surface area contributed by atoms with E-state index in [1.165, 1.54) is 11.0 Å². The van der Waals surface area contributed by atoms with Gasteiger partial charge in [0.2, 0.25) is 5.91 Å². The summed E-state index contributed by atoms with van der Waals surface area (Å²) in [6.45, 7) is 0.392. The molecule has 3 rings (SSSR count). The molecule has 0 saturated heterocycles. The number of anilines is 1. The molecular formula is C18H19IKN7O2Y3. The Labute approximate surface area is 318 Å². The first-order valence-corrected chi connectivity index (χ1v) is 9.85. The fourth-order valence-corrected chi connectivity index (χ4v) is 3.09. The van der Waals surface area contributed by atoms with Crippen molar-refractivity contribution in [2.24, 2.45) is 0 Å². The molecule has 9 nitrogen and oxygen atoms in total. The van der Waals surface area contributed by atoms with Gasteiger partial charge in [-0.1, -0.05) is 30.3 Å². The van der Waals surface area contributed by atoms with Crippen LogP contribution in [0.4, 0.5) is 5.82 Å². The molecule has 0 bridgehead atoms. The maximum atomic E-state index is 12.3. The summed E-state index contributed by atoms with van der Waals surface area (Å²) in [5.41, 5.74) is 8.04. The maximum Gasteiger partial charge on any atom is 1.00 e. The molecule has 2 amide bonds. The molecule has 32 heavy (non-hydrogen) atoms. The number of aromatic nitrogens is 4. The van der Waals surface area contributed by atoms with Crippen LogP contribution in [0, 0.1) is 4.55 Å². The van der Waals surface area contributed by atoms with Crippen LogP contribution < -0.4 is 67.8 Å². The van der Waals surface area contributed by atoms with Gasteiger partial charge in [-0.3, -0.25) is 32.2 Å². The fraction of sp³-hybridized carbons (Fsp3) is 0.222. The number of nitrogens with one attached hydrogen (secondary N) is 2. The number of hydrogen-bond acceptors (Lipinski definition) is 6. The minimum atomic E-state index is -0.220. The number of nitrogens with zero attached hydrogens (tertiary/aromatic N) is 4. The van der Waals surface area contributed by atoms with E-state index in [4.69, 9.17) is 5.73 Å². The zero-order valence-corrected chi connectivity index (χ0v) is 31.5. The normalized spacial score (nSPS) is 9.41. The van der Waals surface area contributed by atoms with E-state index in [0.717, 1.165) is 5.56 Å². The number of carbonyl (C=O) groups is 2. The summed E-state index contributed by atoms with van der Waals surface area (Å²) in [6.07, 6.45) is 2.24. The van der Waals surface area contributed by atoms with Gasteiger partial charge in [0.1, 0.15) is 24.4 Å². The average Bonchev–Trinajstić information content (AvgIpc) is 3.06. The first kappa shape index (κ1) is 36.3. The summed E-state index contributed by atoms with van der Waals surface area (Å²) in [5, 5.41) is 10.5. The molecule has 0 atom stereocenters. The molecule has 0 fully saturated rings. The molecule has 4 N–H and O–H groups in total. The molecule has 14 heteroatoms. The van der Waals surface area contributed by atoms with Crippen molar-refractivity contribution in [2.75, 3.05) is 12.3 Å². The summed E-state index contributed by atoms with van der Waals surface area (Å²) in [6, 6.07) is 9.54. The number of nitrogen functional groups attached to an aromatic ring is 1. The standard InChI is InChI=1S/C18H19IN7O2.K.3Y/c19-10-22-13(27)7-4-8-21-14(28)9-26-18-15(17(20)23-11-24-18)16(25-26)12-5-2-1-3-6-12;;;;/h1-3,5-6,10-11H,4,7-9H2,(H,21,28)(H,22,27)(H2,20,23,24);;;;/q-1;+1;;;. The summed E-state index contributed by atoms with van der Waals surface area (Å²) < 4.78 is 3.07. The van der Waals surface area contributed by atoms with E-state index in [9.17, 15) is 9.59 Å². The predicted molar refractivity (Wildman–Crippen MR) is 114 cm³/mol. The van der Waals surface area contributed by atoms with Crippen molar-refractivity contribution in [1.29, 1.82) is 0 Å². The molecule has 0 aliphatic carbocycles. The van der Waals surface area contributed by atoms with E-state index in [0.29, 0.717) is 41.9 Å². The number of rotatable bonds is 8. The molecule has 0 spiro atoms. The van der Waals surface area contributed by atoms with Gasteiger partial charge in [0.05, 0.1) is 5.39 Å². The predicted octanol–water partition coefficient (Wildman–Crippen LogP) is -1.36. The minimum absolute atomic E-state index is 0. The van der Waals surface area contributed by atoms with Crippen LogP contribution in [0.2, 0.25) is 0 Å². The number of amides is 2. The second-order valence-electron chi connectivity index (χ2n) is 5.96. The van der Waals surface area contributed by atoms with E-state index in [1.54, 1.807) is 4.55 Å². The number of hydrogen-bond donors (Lipinski definition) is 3. The van der Waals surface area contributed by atoms with Crippen LogP contribution in [0.3, 0.4) is 0 Å². The Kier molecular flexibility index (Phi) is 21.9. The van der Waals surface area contributed by atoms with Crippen LogP contribution in [0.5, 0.6) is 0 Å². The molecule has 3 aromatic rings. The van der Waals surface area contributed by atoms with Gasteiger partial charge in [0.15, 0.2) is 11.6 Å². The third kappa shape index (κ3) is 10.7. The zero-order chi connectivity index (χ0) is 19.9. The number of carbonyl (C=O) groups excluding carboxylic acids is 2. The Bertz CT molecular complexity index is 995. The quantitative estimate of drug-likeness (QED) is 0.0851. The van der Waals surface area contributed by atoms with Crippen molar-refractivity contribution in [3.05, 3.63) is 41.2 Å². The van der Waals surface area contributed by atoms with Gasteiger partial charge in [-0.2, -0.15) is 9.65 Å². The Hall–Kier alpha value is 2.19. The Morgan fingerprint density at radius 1 is 1.09 bits per heavy atom. The van der Waals surface area contributed by atoms with E-state index >= 15 is 0 Å². The van der Waals surface area contributed by atoms with Crippen LogP contribution in [0.15, 0.2) is 36.7 Å². The van der Waals surface area contributed by atoms with E-state index < -0.39 is 0 Å². The average molecular weight is 798 g/mol. The van der Waals surface area contributed by atoms with Gasteiger partial charge in [-0.15, -0.1) is 0 Å². The molecule has 0 aliphatic rings. The van der Waals surface area contributed by atoms with E-state index in [1.807, 2.05) is 52.9 Å². The summed E-state index contributed by atoms with van der Waals surface area (Å²) >= 11 is 1.95. The Balaban J connectivity index is 0. The van der Waals surface area contributed by atoms with Crippen molar-refractivity contribution in [3.8, 4) is 11.3 Å². The number of benzene rings is 1. The van der Waals surface area contributed by atoms with Gasteiger partial charge < -0.3 is 16.4 Å². The Morgan fingerprint density at radius 2 is 1.78 bits per heavy atom. The third-order valence-electron chi connectivity index (χ3n) is 4.02. The maximum absolute atomic E-state index is 12.3. The summed E-state index contributed by atoms with van der Waals surface area (Å²) in [5.74, 6) is 0.0112. The molecule has 2 aromatic heterocycles. The molecule has 0 unspecified atom stereocenters. The van der Waals surface area contributed by atoms with Gasteiger partial charge in [0.25, 0.3) is 0 Å². The SMILES string of the molecule is Nc1ncnc2c1c(-c1ccccc1)nn2CC(=O)NCCCC(=O)N[CH-]I.[K+].[Y].[Y].[Y]. The molecule has 0 saturated carbocycles. The molecule has 155 valence electrons. The molecule has 3 radical (unpaired) electrons. The number of fused-ring (bicyclic) bond motifs is 1. The second-order valence-corrected chi connectivity index (χ2v) is 6.58. The van der Waals surface area contributed by atoms with Crippen LogP contribution >= 0.6 is 22.6 Å². The second kappa shape index (κ2) is 19.3. The monoisotopic (exact) mass is 798 g/mol. The van der Waals surface area contributed by atoms with Gasteiger partial charge in [-0.05, 0) is 6.42 Å². The third-order valence-corrected chi connectivity index (χ3v) is 4.33. The van der Waals surface area contributed by atoms with Crippen molar-refractivity contribution in [2.45, 2.75) is 19.4 Å². The van der Waals surface area contributed by atoms with Crippen LogP contribution in [-0.2, 0) is 114 Å². The van der Waals surface area contributed by atoms with Crippen molar-refractivity contribution in [3.63, 3.8) is 0 Å². The van der Waals surface area contributed by atoms with Gasteiger partial charge in [-0.25, -0.2) is 14.6 Å². The first-order valence-electron chi connectivity index (χ1n) is 8.60. The summed E-state index contributed by atoms with van der Waals surface area (Å²) in [7, 11) is 0. The molecule has 0 aliphatic heterocycles.